The maximum Gasteiger partial charge on any atom is 0.281 e. The van der Waals surface area contributed by atoms with Crippen LogP contribution in [0.3, 0.4) is 0 Å². The Bertz CT molecular complexity index is 465. The third-order valence-electron chi connectivity index (χ3n) is 1.62. The van der Waals surface area contributed by atoms with Crippen LogP contribution in [0, 0.1) is 11.3 Å². The summed E-state index contributed by atoms with van der Waals surface area (Å²) in [5.74, 6) is -0.906. The van der Waals surface area contributed by atoms with E-state index in [9.17, 15) is 4.79 Å². The molecule has 6 heteroatoms. The molecule has 0 aliphatic heterocycles. The molecule has 0 fully saturated rings. The third-order valence-corrected chi connectivity index (χ3v) is 2.11. The van der Waals surface area contributed by atoms with Crippen molar-refractivity contribution in [3.05, 3.63) is 34.3 Å². The molecule has 2 N–H and O–H groups in total. The van der Waals surface area contributed by atoms with Gasteiger partial charge in [-0.15, -0.1) is 0 Å². The second-order valence-corrected chi connectivity index (χ2v) is 3.73. The first kappa shape index (κ1) is 12.2. The molecule has 1 aromatic rings. The summed E-state index contributed by atoms with van der Waals surface area (Å²) in [4.78, 5) is 15.4. The van der Waals surface area contributed by atoms with Crippen LogP contribution in [0.5, 0.6) is 0 Å². The topological polar surface area (TPSA) is 88.5 Å². The van der Waals surface area contributed by atoms with Crippen molar-refractivity contribution in [3.8, 4) is 6.07 Å². The zero-order chi connectivity index (χ0) is 12.0. The molecule has 0 aliphatic carbocycles. The first-order valence-electron chi connectivity index (χ1n) is 4.28. The SMILES string of the molecule is N#CC(=NOCc1cccc(Br)c1)C(N)=O. The van der Waals surface area contributed by atoms with Crippen LogP contribution >= 0.6 is 15.9 Å². The molecule has 0 radical (unpaired) electrons. The number of primary amides is 1. The monoisotopic (exact) mass is 281 g/mol. The molecule has 16 heavy (non-hydrogen) atoms. The van der Waals surface area contributed by atoms with E-state index in [2.05, 4.69) is 21.1 Å². The molecule has 0 spiro atoms. The van der Waals surface area contributed by atoms with Gasteiger partial charge in [0.2, 0.25) is 5.71 Å². The predicted octanol–water partition coefficient (Wildman–Crippen LogP) is 1.33. The lowest BCUT2D eigenvalue weighted by Crippen LogP contribution is -2.21. The molecule has 1 rings (SSSR count). The zero-order valence-corrected chi connectivity index (χ0v) is 9.77. The van der Waals surface area contributed by atoms with Gasteiger partial charge in [0.1, 0.15) is 12.7 Å². The second-order valence-electron chi connectivity index (χ2n) is 2.82. The van der Waals surface area contributed by atoms with Crippen LogP contribution in [0.4, 0.5) is 0 Å². The van der Waals surface area contributed by atoms with E-state index < -0.39 is 11.6 Å². The van der Waals surface area contributed by atoms with Crippen molar-refractivity contribution in [2.24, 2.45) is 10.9 Å². The Balaban J connectivity index is 2.59. The van der Waals surface area contributed by atoms with Crippen LogP contribution < -0.4 is 5.73 Å². The Hall–Kier alpha value is -1.87. The van der Waals surface area contributed by atoms with Crippen LogP contribution in [0.15, 0.2) is 33.9 Å². The summed E-state index contributed by atoms with van der Waals surface area (Å²) in [6.45, 7) is 0.165. The summed E-state index contributed by atoms with van der Waals surface area (Å²) < 4.78 is 0.910. The first-order chi connectivity index (χ1) is 7.63. The number of oxime groups is 1. The van der Waals surface area contributed by atoms with Crippen LogP contribution in [-0.2, 0) is 16.2 Å². The fourth-order valence-corrected chi connectivity index (χ4v) is 1.37. The maximum absolute atomic E-state index is 10.6. The van der Waals surface area contributed by atoms with E-state index >= 15 is 0 Å². The largest absolute Gasteiger partial charge is 0.390 e. The third kappa shape index (κ3) is 3.71. The number of halogens is 1. The number of nitrogens with two attached hydrogens (primary N) is 1. The van der Waals surface area contributed by atoms with Gasteiger partial charge in [-0.05, 0) is 17.7 Å². The average Bonchev–Trinajstić information content (AvgIpc) is 2.24. The summed E-state index contributed by atoms with van der Waals surface area (Å²) in [6, 6.07) is 8.92. The van der Waals surface area contributed by atoms with E-state index in [0.29, 0.717) is 0 Å². The van der Waals surface area contributed by atoms with E-state index in [-0.39, 0.29) is 6.61 Å². The second kappa shape index (κ2) is 5.88. The molecule has 0 aliphatic rings. The van der Waals surface area contributed by atoms with Gasteiger partial charge in [0.05, 0.1) is 0 Å². The lowest BCUT2D eigenvalue weighted by Gasteiger charge is -2.00. The standard InChI is InChI=1S/C10H8BrN3O2/c11-8-3-1-2-7(4-8)6-16-14-9(5-12)10(13)15/h1-4H,6H2,(H2,13,15). The van der Waals surface area contributed by atoms with Gasteiger partial charge in [-0.25, -0.2) is 0 Å². The Morgan fingerprint density at radius 2 is 2.38 bits per heavy atom. The maximum atomic E-state index is 10.6. The Kier molecular flexibility index (Phi) is 4.48. The van der Waals surface area contributed by atoms with Gasteiger partial charge in [0, 0.05) is 4.47 Å². The Morgan fingerprint density at radius 1 is 1.62 bits per heavy atom. The summed E-state index contributed by atoms with van der Waals surface area (Å²) in [6.07, 6.45) is 0. The summed E-state index contributed by atoms with van der Waals surface area (Å²) in [5, 5.41) is 11.8. The quantitative estimate of drug-likeness (QED) is 0.667. The highest BCUT2D eigenvalue weighted by atomic mass is 79.9. The molecule has 0 saturated carbocycles. The van der Waals surface area contributed by atoms with Crippen LogP contribution in [0.2, 0.25) is 0 Å². The van der Waals surface area contributed by atoms with E-state index in [1.165, 1.54) is 0 Å². The number of hydrogen-bond acceptors (Lipinski definition) is 4. The molecule has 0 atom stereocenters. The van der Waals surface area contributed by atoms with Crippen molar-refractivity contribution >= 4 is 27.5 Å². The van der Waals surface area contributed by atoms with E-state index in [1.807, 2.05) is 24.3 Å². The van der Waals surface area contributed by atoms with Gasteiger partial charge in [-0.1, -0.05) is 33.2 Å². The van der Waals surface area contributed by atoms with E-state index in [4.69, 9.17) is 15.8 Å². The van der Waals surface area contributed by atoms with E-state index in [1.54, 1.807) is 6.07 Å². The highest BCUT2D eigenvalue weighted by Crippen LogP contribution is 2.12. The number of carbonyl (C=O) groups excluding carboxylic acids is 1. The number of carbonyl (C=O) groups is 1. The Labute approximate surface area is 101 Å². The van der Waals surface area contributed by atoms with Crippen molar-refractivity contribution in [1.29, 1.82) is 5.26 Å². The number of nitriles is 1. The Morgan fingerprint density at radius 3 is 2.94 bits per heavy atom. The van der Waals surface area contributed by atoms with Gasteiger partial charge in [-0.2, -0.15) is 5.26 Å². The lowest BCUT2D eigenvalue weighted by molar-refractivity contribution is -0.112. The molecule has 0 saturated heterocycles. The summed E-state index contributed by atoms with van der Waals surface area (Å²) in [7, 11) is 0. The fraction of sp³-hybridized carbons (Fsp3) is 0.100. The number of rotatable bonds is 4. The highest BCUT2D eigenvalue weighted by molar-refractivity contribution is 9.10. The molecular formula is C10H8BrN3O2. The van der Waals surface area contributed by atoms with Crippen molar-refractivity contribution in [2.45, 2.75) is 6.61 Å². The normalized spacial score (nSPS) is 10.6. The molecule has 1 amide bonds. The van der Waals surface area contributed by atoms with Crippen LogP contribution in [0.1, 0.15) is 5.56 Å². The predicted molar refractivity (Wildman–Crippen MR) is 61.2 cm³/mol. The van der Waals surface area contributed by atoms with Gasteiger partial charge < -0.3 is 10.6 Å². The molecule has 0 bridgehead atoms. The molecule has 0 aromatic heterocycles. The summed E-state index contributed by atoms with van der Waals surface area (Å²) in [5.41, 5.74) is 5.28. The molecule has 82 valence electrons. The molecule has 0 heterocycles. The van der Waals surface area contributed by atoms with Gasteiger partial charge in [0.25, 0.3) is 5.91 Å². The molecule has 1 aromatic carbocycles. The van der Waals surface area contributed by atoms with Crippen LogP contribution in [-0.4, -0.2) is 11.6 Å². The van der Waals surface area contributed by atoms with Crippen molar-refractivity contribution in [1.82, 2.24) is 0 Å². The van der Waals surface area contributed by atoms with Gasteiger partial charge in [-0.3, -0.25) is 4.79 Å². The first-order valence-corrected chi connectivity index (χ1v) is 5.07. The van der Waals surface area contributed by atoms with Crippen LogP contribution in [0.25, 0.3) is 0 Å². The smallest absolute Gasteiger partial charge is 0.281 e. The average molecular weight is 282 g/mol. The minimum atomic E-state index is -0.906. The minimum Gasteiger partial charge on any atom is -0.390 e. The van der Waals surface area contributed by atoms with E-state index in [0.717, 1.165) is 10.0 Å². The zero-order valence-electron chi connectivity index (χ0n) is 8.18. The minimum absolute atomic E-state index is 0.165. The van der Waals surface area contributed by atoms with Crippen molar-refractivity contribution < 1.29 is 9.63 Å². The molecule has 0 unspecified atom stereocenters. The molecule has 5 nitrogen and oxygen atoms in total. The lowest BCUT2D eigenvalue weighted by atomic mass is 10.2. The number of benzene rings is 1. The molecular weight excluding hydrogens is 274 g/mol. The van der Waals surface area contributed by atoms with Gasteiger partial charge >= 0.3 is 0 Å². The van der Waals surface area contributed by atoms with Crippen molar-refractivity contribution in [2.75, 3.05) is 0 Å². The summed E-state index contributed by atoms with van der Waals surface area (Å²) >= 11 is 3.30. The number of amides is 1. The van der Waals surface area contributed by atoms with Gasteiger partial charge in [0.15, 0.2) is 0 Å². The fourth-order valence-electron chi connectivity index (χ4n) is 0.919. The number of hydrogen-bond donors (Lipinski definition) is 1. The number of nitrogens with zero attached hydrogens (tertiary/aromatic N) is 2. The highest BCUT2D eigenvalue weighted by Gasteiger charge is 2.05. The van der Waals surface area contributed by atoms with Crippen molar-refractivity contribution in [3.63, 3.8) is 0 Å².